The maximum Gasteiger partial charge on any atom is 0.191 e. The number of likely N-dealkylation sites (N-methyl/N-ethyl adjacent to an activating group) is 1. The van der Waals surface area contributed by atoms with Crippen LogP contribution in [-0.2, 0) is 5.60 Å². The van der Waals surface area contributed by atoms with E-state index in [0.29, 0.717) is 5.76 Å². The number of hydrogen-bond donors (Lipinski definition) is 3. The van der Waals surface area contributed by atoms with Gasteiger partial charge < -0.3 is 30.0 Å². The highest BCUT2D eigenvalue weighted by atomic mass is 16.4. The molecule has 0 saturated carbocycles. The smallest absolute Gasteiger partial charge is 0.191 e. The van der Waals surface area contributed by atoms with E-state index in [0.717, 1.165) is 51.0 Å². The van der Waals surface area contributed by atoms with Gasteiger partial charge in [-0.3, -0.25) is 0 Å². The van der Waals surface area contributed by atoms with Crippen molar-refractivity contribution in [3.05, 3.63) is 23.7 Å². The van der Waals surface area contributed by atoms with E-state index in [1.165, 1.54) is 13.0 Å². The van der Waals surface area contributed by atoms with Crippen LogP contribution in [0.5, 0.6) is 0 Å². The summed E-state index contributed by atoms with van der Waals surface area (Å²) in [7, 11) is 2.18. The molecule has 1 fully saturated rings. The van der Waals surface area contributed by atoms with Gasteiger partial charge in [0.05, 0.1) is 6.54 Å². The second-order valence-electron chi connectivity index (χ2n) is 7.30. The van der Waals surface area contributed by atoms with Crippen molar-refractivity contribution in [2.45, 2.75) is 32.8 Å². The summed E-state index contributed by atoms with van der Waals surface area (Å²) in [5.41, 5.74) is -1.12. The van der Waals surface area contributed by atoms with E-state index in [-0.39, 0.29) is 6.54 Å². The van der Waals surface area contributed by atoms with Crippen LogP contribution in [0.25, 0.3) is 0 Å². The largest absolute Gasteiger partial charge is 0.463 e. The molecule has 1 aliphatic rings. The van der Waals surface area contributed by atoms with Crippen LogP contribution in [0.2, 0.25) is 0 Å². The lowest BCUT2D eigenvalue weighted by atomic mass is 10.0. The Bertz CT molecular complexity index is 570. The fourth-order valence-electron chi connectivity index (χ4n) is 3.03. The SMILES string of the molecule is CCNC(=NCC(C)(O)c1ccc(C)o1)NCCN1CCCN(C)CC1. The molecule has 2 rings (SSSR count). The van der Waals surface area contributed by atoms with Gasteiger partial charge >= 0.3 is 0 Å². The summed E-state index contributed by atoms with van der Waals surface area (Å²) in [6.45, 7) is 13.0. The monoisotopic (exact) mass is 365 g/mol. The molecule has 1 aromatic rings. The second-order valence-corrected chi connectivity index (χ2v) is 7.30. The predicted octanol–water partition coefficient (Wildman–Crippen LogP) is 0.988. The minimum Gasteiger partial charge on any atom is -0.463 e. The molecule has 1 aliphatic heterocycles. The van der Waals surface area contributed by atoms with Gasteiger partial charge in [0.25, 0.3) is 0 Å². The van der Waals surface area contributed by atoms with E-state index in [2.05, 4.69) is 32.5 Å². The summed E-state index contributed by atoms with van der Waals surface area (Å²) in [5.74, 6) is 2.06. The Morgan fingerprint density at radius 1 is 1.27 bits per heavy atom. The Hall–Kier alpha value is -1.57. The van der Waals surface area contributed by atoms with Crippen LogP contribution in [0, 0.1) is 6.92 Å². The lowest BCUT2D eigenvalue weighted by Gasteiger charge is -2.22. The van der Waals surface area contributed by atoms with Gasteiger partial charge in [-0.2, -0.15) is 0 Å². The van der Waals surface area contributed by atoms with Crippen LogP contribution < -0.4 is 10.6 Å². The quantitative estimate of drug-likeness (QED) is 0.494. The number of nitrogens with zero attached hydrogens (tertiary/aromatic N) is 3. The van der Waals surface area contributed by atoms with Crippen molar-refractivity contribution in [2.75, 3.05) is 59.4 Å². The van der Waals surface area contributed by atoms with Gasteiger partial charge in [0, 0.05) is 32.7 Å². The lowest BCUT2D eigenvalue weighted by molar-refractivity contribution is 0.0428. The molecule has 1 aromatic heterocycles. The molecule has 3 N–H and O–H groups in total. The number of guanidine groups is 1. The number of aliphatic hydroxyl groups is 1. The highest BCUT2D eigenvalue weighted by molar-refractivity contribution is 5.79. The molecule has 0 aromatic carbocycles. The zero-order valence-electron chi connectivity index (χ0n) is 16.7. The van der Waals surface area contributed by atoms with Crippen molar-refractivity contribution in [3.8, 4) is 0 Å². The molecule has 148 valence electrons. The first-order valence-corrected chi connectivity index (χ1v) is 9.63. The number of furan rings is 1. The molecule has 2 heterocycles. The first-order chi connectivity index (χ1) is 12.4. The van der Waals surface area contributed by atoms with E-state index in [4.69, 9.17) is 4.42 Å². The van der Waals surface area contributed by atoms with E-state index in [1.807, 2.05) is 26.0 Å². The molecular weight excluding hydrogens is 330 g/mol. The number of nitrogens with one attached hydrogen (secondary N) is 2. The van der Waals surface area contributed by atoms with Crippen LogP contribution in [-0.4, -0.2) is 80.3 Å². The van der Waals surface area contributed by atoms with E-state index in [9.17, 15) is 5.11 Å². The fourth-order valence-corrected chi connectivity index (χ4v) is 3.03. The average Bonchev–Trinajstić information content (AvgIpc) is 2.94. The van der Waals surface area contributed by atoms with Gasteiger partial charge in [0.2, 0.25) is 0 Å². The minimum atomic E-state index is -1.12. The normalized spacial score (nSPS) is 19.8. The summed E-state index contributed by atoms with van der Waals surface area (Å²) >= 11 is 0. The Morgan fingerprint density at radius 2 is 2.08 bits per heavy atom. The predicted molar refractivity (Wildman–Crippen MR) is 106 cm³/mol. The molecule has 1 atom stereocenters. The number of aliphatic imine (C=N–C) groups is 1. The van der Waals surface area contributed by atoms with Crippen molar-refractivity contribution >= 4 is 5.96 Å². The number of rotatable bonds is 7. The number of aryl methyl sites for hydroxylation is 1. The Labute approximate surface area is 157 Å². The average molecular weight is 366 g/mol. The molecule has 7 nitrogen and oxygen atoms in total. The molecule has 0 spiro atoms. The summed E-state index contributed by atoms with van der Waals surface area (Å²) in [5, 5.41) is 17.2. The summed E-state index contributed by atoms with van der Waals surface area (Å²) in [4.78, 5) is 9.42. The van der Waals surface area contributed by atoms with E-state index in [1.54, 1.807) is 6.92 Å². The molecule has 26 heavy (non-hydrogen) atoms. The fraction of sp³-hybridized carbons (Fsp3) is 0.737. The van der Waals surface area contributed by atoms with Crippen LogP contribution in [0.1, 0.15) is 31.8 Å². The number of hydrogen-bond acceptors (Lipinski definition) is 5. The molecule has 0 bridgehead atoms. The Balaban J connectivity index is 1.84. The van der Waals surface area contributed by atoms with Crippen LogP contribution in [0.15, 0.2) is 21.5 Å². The molecule has 7 heteroatoms. The molecule has 0 amide bonds. The lowest BCUT2D eigenvalue weighted by Crippen LogP contribution is -2.43. The Kier molecular flexibility index (Phi) is 7.93. The molecule has 0 radical (unpaired) electrons. The van der Waals surface area contributed by atoms with Crippen LogP contribution in [0.3, 0.4) is 0 Å². The van der Waals surface area contributed by atoms with Crippen molar-refractivity contribution in [1.29, 1.82) is 0 Å². The van der Waals surface area contributed by atoms with Crippen LogP contribution in [0.4, 0.5) is 0 Å². The third-order valence-electron chi connectivity index (χ3n) is 4.69. The molecular formula is C19H35N5O2. The van der Waals surface area contributed by atoms with Gasteiger partial charge in [-0.1, -0.05) is 0 Å². The minimum absolute atomic E-state index is 0.240. The summed E-state index contributed by atoms with van der Waals surface area (Å²) < 4.78 is 5.55. The van der Waals surface area contributed by atoms with Gasteiger partial charge in [0.1, 0.15) is 17.1 Å². The first kappa shape index (κ1) is 20.7. The van der Waals surface area contributed by atoms with Gasteiger partial charge in [-0.05, 0) is 59.5 Å². The molecule has 0 aliphatic carbocycles. The topological polar surface area (TPSA) is 76.3 Å². The third-order valence-corrected chi connectivity index (χ3v) is 4.69. The molecule has 1 unspecified atom stereocenters. The van der Waals surface area contributed by atoms with Crippen molar-refractivity contribution in [2.24, 2.45) is 4.99 Å². The summed E-state index contributed by atoms with van der Waals surface area (Å²) in [6, 6.07) is 3.66. The standard InChI is InChI=1S/C19H35N5O2/c1-5-20-18(21-9-12-24-11-6-10-23(4)13-14-24)22-15-19(3,25)17-8-7-16(2)26-17/h7-8,25H,5-6,9-15H2,1-4H3,(H2,20,21,22). The summed E-state index contributed by atoms with van der Waals surface area (Å²) in [6.07, 6.45) is 1.22. The van der Waals surface area contributed by atoms with Gasteiger partial charge in [-0.25, -0.2) is 4.99 Å². The zero-order valence-corrected chi connectivity index (χ0v) is 16.7. The van der Waals surface area contributed by atoms with Crippen molar-refractivity contribution < 1.29 is 9.52 Å². The van der Waals surface area contributed by atoms with Gasteiger partial charge in [0.15, 0.2) is 5.96 Å². The van der Waals surface area contributed by atoms with E-state index >= 15 is 0 Å². The van der Waals surface area contributed by atoms with Crippen molar-refractivity contribution in [1.82, 2.24) is 20.4 Å². The van der Waals surface area contributed by atoms with Crippen LogP contribution >= 0.6 is 0 Å². The maximum absolute atomic E-state index is 10.6. The first-order valence-electron chi connectivity index (χ1n) is 9.63. The maximum atomic E-state index is 10.6. The third kappa shape index (κ3) is 6.63. The highest BCUT2D eigenvalue weighted by Crippen LogP contribution is 2.22. The highest BCUT2D eigenvalue weighted by Gasteiger charge is 2.26. The second kappa shape index (κ2) is 9.94. The van der Waals surface area contributed by atoms with E-state index < -0.39 is 5.60 Å². The van der Waals surface area contributed by atoms with Gasteiger partial charge in [-0.15, -0.1) is 0 Å². The zero-order chi connectivity index (χ0) is 19.0. The Morgan fingerprint density at radius 3 is 2.77 bits per heavy atom. The van der Waals surface area contributed by atoms with Crippen molar-refractivity contribution in [3.63, 3.8) is 0 Å². The molecule has 1 saturated heterocycles.